The molecule has 1 fully saturated rings. The molecule has 2 aliphatic heterocycles. The number of oxime groups is 1. The Labute approximate surface area is 226 Å². The molecule has 1 atom stereocenters. The second kappa shape index (κ2) is 10.7. The molecule has 0 radical (unpaired) electrons. The molecule has 5 rings (SSSR count). The molecule has 202 valence electrons. The van der Waals surface area contributed by atoms with E-state index in [1.807, 2.05) is 49.2 Å². The van der Waals surface area contributed by atoms with Crippen molar-refractivity contribution < 1.29 is 23.2 Å². The fourth-order valence-electron chi connectivity index (χ4n) is 5.11. The Balaban J connectivity index is 1.30. The van der Waals surface area contributed by atoms with Crippen LogP contribution in [0.3, 0.4) is 0 Å². The zero-order chi connectivity index (χ0) is 27.7. The Bertz CT molecular complexity index is 1430. The van der Waals surface area contributed by atoms with Crippen LogP contribution in [0.5, 0.6) is 0 Å². The van der Waals surface area contributed by atoms with Crippen molar-refractivity contribution in [2.75, 3.05) is 33.2 Å². The highest BCUT2D eigenvalue weighted by Gasteiger charge is 2.45. The van der Waals surface area contributed by atoms with Crippen molar-refractivity contribution in [3.8, 4) is 11.1 Å². The molecule has 3 aromatic rings. The van der Waals surface area contributed by atoms with Crippen molar-refractivity contribution >= 4 is 17.4 Å². The third-order valence-corrected chi connectivity index (χ3v) is 7.55. The van der Waals surface area contributed by atoms with E-state index in [-0.39, 0.29) is 12.3 Å². The minimum atomic E-state index is -1.03. The first kappa shape index (κ1) is 26.7. The SMILES string of the molecule is Cc1ccc(C2=NOC(C)(C(=O)N3CCN(C)CC3)C2)cc1-c1ccc(CC(=O)c2c(F)cccc2F)cc1. The molecular formula is C31H31F2N3O3. The number of hydrogen-bond donors (Lipinski definition) is 0. The van der Waals surface area contributed by atoms with Gasteiger partial charge in [0.1, 0.15) is 11.6 Å². The highest BCUT2D eigenvalue weighted by Crippen LogP contribution is 2.32. The van der Waals surface area contributed by atoms with Gasteiger partial charge in [0.15, 0.2) is 5.78 Å². The number of hydrogen-bond acceptors (Lipinski definition) is 5. The summed E-state index contributed by atoms with van der Waals surface area (Å²) in [6, 6.07) is 16.8. The van der Waals surface area contributed by atoms with Gasteiger partial charge in [-0.3, -0.25) is 9.59 Å². The summed E-state index contributed by atoms with van der Waals surface area (Å²) in [5.74, 6) is -2.36. The van der Waals surface area contributed by atoms with E-state index in [1.54, 1.807) is 19.1 Å². The third kappa shape index (κ3) is 5.47. The van der Waals surface area contributed by atoms with E-state index in [9.17, 15) is 18.4 Å². The van der Waals surface area contributed by atoms with Crippen LogP contribution >= 0.6 is 0 Å². The summed E-state index contributed by atoms with van der Waals surface area (Å²) in [5.41, 5.74) is 3.67. The number of benzene rings is 3. The highest BCUT2D eigenvalue weighted by atomic mass is 19.1. The summed E-state index contributed by atoms with van der Waals surface area (Å²) < 4.78 is 28.0. The molecule has 3 aromatic carbocycles. The minimum absolute atomic E-state index is 0.0397. The van der Waals surface area contributed by atoms with Crippen LogP contribution in [0, 0.1) is 18.6 Å². The van der Waals surface area contributed by atoms with Crippen molar-refractivity contribution in [2.24, 2.45) is 5.16 Å². The average Bonchev–Trinajstić information content (AvgIpc) is 3.32. The summed E-state index contributed by atoms with van der Waals surface area (Å²) in [5, 5.41) is 4.30. The Morgan fingerprint density at radius 2 is 1.59 bits per heavy atom. The van der Waals surface area contributed by atoms with Gasteiger partial charge < -0.3 is 14.6 Å². The van der Waals surface area contributed by atoms with Crippen molar-refractivity contribution in [3.05, 3.63) is 94.6 Å². The van der Waals surface area contributed by atoms with Crippen LogP contribution in [0.4, 0.5) is 8.78 Å². The smallest absolute Gasteiger partial charge is 0.269 e. The van der Waals surface area contributed by atoms with Crippen LogP contribution in [0.1, 0.15) is 40.4 Å². The number of Topliss-reactive ketones (excluding diaryl/α,β-unsaturated/α-hetero) is 1. The van der Waals surface area contributed by atoms with Gasteiger partial charge >= 0.3 is 0 Å². The van der Waals surface area contributed by atoms with E-state index in [4.69, 9.17) is 4.84 Å². The average molecular weight is 532 g/mol. The van der Waals surface area contributed by atoms with Crippen LogP contribution in [0.15, 0.2) is 65.8 Å². The first-order chi connectivity index (χ1) is 18.6. The number of halogens is 2. The highest BCUT2D eigenvalue weighted by molar-refractivity contribution is 6.06. The molecule has 8 heteroatoms. The maximum atomic E-state index is 14.0. The minimum Gasteiger partial charge on any atom is -0.379 e. The van der Waals surface area contributed by atoms with Crippen LogP contribution in [0.25, 0.3) is 11.1 Å². The zero-order valence-electron chi connectivity index (χ0n) is 22.3. The van der Waals surface area contributed by atoms with Crippen LogP contribution in [-0.2, 0) is 16.1 Å². The standard InChI is InChI=1S/C31H31F2N3O3/c1-20-7-10-23(27-19-31(2,39-34-27)30(38)36-15-13-35(3)14-16-36)18-24(20)22-11-8-21(9-12-22)17-28(37)29-25(32)5-4-6-26(29)33/h4-12,18H,13-17,19H2,1-3H3. The van der Waals surface area contributed by atoms with Crippen LogP contribution in [-0.4, -0.2) is 66.0 Å². The summed E-state index contributed by atoms with van der Waals surface area (Å²) in [7, 11) is 2.05. The van der Waals surface area contributed by atoms with Gasteiger partial charge in [0, 0.05) is 44.6 Å². The lowest BCUT2D eigenvalue weighted by Gasteiger charge is -2.36. The summed E-state index contributed by atoms with van der Waals surface area (Å²) in [4.78, 5) is 35.5. The summed E-state index contributed by atoms with van der Waals surface area (Å²) in [6.45, 7) is 6.83. The first-order valence-electron chi connectivity index (χ1n) is 13.0. The number of likely N-dealkylation sites (N-methyl/N-ethyl adjacent to an activating group) is 1. The number of ketones is 1. The molecule has 0 N–H and O–H groups in total. The summed E-state index contributed by atoms with van der Waals surface area (Å²) in [6.07, 6.45) is 0.277. The lowest BCUT2D eigenvalue weighted by molar-refractivity contribution is -0.154. The normalized spacial score (nSPS) is 19.5. The van der Waals surface area contributed by atoms with E-state index in [1.165, 1.54) is 6.07 Å². The maximum absolute atomic E-state index is 14.0. The molecule has 0 aromatic heterocycles. The molecule has 1 amide bonds. The van der Waals surface area contributed by atoms with E-state index < -0.39 is 28.6 Å². The number of carbonyl (C=O) groups is 2. The molecular weight excluding hydrogens is 500 g/mol. The number of piperazine rings is 1. The molecule has 2 aliphatic rings. The third-order valence-electron chi connectivity index (χ3n) is 7.55. The Kier molecular flexibility index (Phi) is 7.32. The quantitative estimate of drug-likeness (QED) is 0.419. The lowest BCUT2D eigenvalue weighted by atomic mass is 9.91. The fourth-order valence-corrected chi connectivity index (χ4v) is 5.11. The largest absolute Gasteiger partial charge is 0.379 e. The molecule has 0 bridgehead atoms. The Morgan fingerprint density at radius 3 is 2.26 bits per heavy atom. The molecule has 0 aliphatic carbocycles. The van der Waals surface area contributed by atoms with Crippen LogP contribution < -0.4 is 0 Å². The van der Waals surface area contributed by atoms with Crippen LogP contribution in [0.2, 0.25) is 0 Å². The topological polar surface area (TPSA) is 62.2 Å². The van der Waals surface area contributed by atoms with Gasteiger partial charge in [0.25, 0.3) is 5.91 Å². The van der Waals surface area contributed by atoms with E-state index >= 15 is 0 Å². The molecule has 6 nitrogen and oxygen atoms in total. The second-order valence-corrected chi connectivity index (χ2v) is 10.6. The number of nitrogens with zero attached hydrogens (tertiary/aromatic N) is 3. The van der Waals surface area contributed by atoms with Crippen molar-refractivity contribution in [1.82, 2.24) is 9.80 Å². The zero-order valence-corrected chi connectivity index (χ0v) is 22.3. The van der Waals surface area contributed by atoms with Crippen molar-refractivity contribution in [3.63, 3.8) is 0 Å². The number of amides is 1. The maximum Gasteiger partial charge on any atom is 0.269 e. The van der Waals surface area contributed by atoms with E-state index in [0.717, 1.165) is 53.2 Å². The van der Waals surface area contributed by atoms with Gasteiger partial charge in [-0.05, 0) is 61.3 Å². The Morgan fingerprint density at radius 1 is 0.949 bits per heavy atom. The van der Waals surface area contributed by atoms with Crippen molar-refractivity contribution in [1.29, 1.82) is 0 Å². The fraction of sp³-hybridized carbons (Fsp3) is 0.323. The lowest BCUT2D eigenvalue weighted by Crippen LogP contribution is -2.54. The van der Waals surface area contributed by atoms with Gasteiger partial charge in [0.05, 0.1) is 11.3 Å². The Hall–Kier alpha value is -3.91. The molecule has 0 saturated carbocycles. The van der Waals surface area contributed by atoms with Gasteiger partial charge in [-0.2, -0.15) is 0 Å². The molecule has 1 saturated heterocycles. The van der Waals surface area contributed by atoms with Gasteiger partial charge in [-0.25, -0.2) is 8.78 Å². The molecule has 2 heterocycles. The van der Waals surface area contributed by atoms with Gasteiger partial charge in [-0.15, -0.1) is 0 Å². The first-order valence-corrected chi connectivity index (χ1v) is 13.0. The summed E-state index contributed by atoms with van der Waals surface area (Å²) >= 11 is 0. The number of aryl methyl sites for hydroxylation is 1. The van der Waals surface area contributed by atoms with E-state index in [2.05, 4.69) is 10.1 Å². The van der Waals surface area contributed by atoms with Gasteiger partial charge in [-0.1, -0.05) is 47.6 Å². The number of rotatable bonds is 6. The predicted molar refractivity (Wildman–Crippen MR) is 146 cm³/mol. The molecule has 0 spiro atoms. The second-order valence-electron chi connectivity index (χ2n) is 10.6. The predicted octanol–water partition coefficient (Wildman–Crippen LogP) is 5.02. The van der Waals surface area contributed by atoms with E-state index in [0.29, 0.717) is 25.1 Å². The van der Waals surface area contributed by atoms with Gasteiger partial charge in [0.2, 0.25) is 5.60 Å². The molecule has 39 heavy (non-hydrogen) atoms. The number of carbonyl (C=O) groups excluding carboxylic acids is 2. The monoisotopic (exact) mass is 531 g/mol. The van der Waals surface area contributed by atoms with Crippen molar-refractivity contribution in [2.45, 2.75) is 32.3 Å². The molecule has 1 unspecified atom stereocenters.